The highest BCUT2D eigenvalue weighted by Crippen LogP contribution is 2.29. The highest BCUT2D eigenvalue weighted by atomic mass is 35.5. The van der Waals surface area contributed by atoms with Gasteiger partial charge in [-0.15, -0.1) is 0 Å². The smallest absolute Gasteiger partial charge is 0.246 e. The first kappa shape index (κ1) is 15.5. The Morgan fingerprint density at radius 1 is 1.40 bits per heavy atom. The summed E-state index contributed by atoms with van der Waals surface area (Å²) < 4.78 is 45.3. The third kappa shape index (κ3) is 2.90. The van der Waals surface area contributed by atoms with Gasteiger partial charge in [0.25, 0.3) is 0 Å². The molecule has 1 saturated heterocycles. The van der Waals surface area contributed by atoms with Gasteiger partial charge in [-0.1, -0.05) is 11.6 Å². The Morgan fingerprint density at radius 3 is 2.60 bits per heavy atom. The second kappa shape index (κ2) is 5.85. The molecule has 5 nitrogen and oxygen atoms in total. The molecule has 1 aromatic rings. The molecule has 0 amide bonds. The topological polar surface area (TPSA) is 72.6 Å². The van der Waals surface area contributed by atoms with Crippen molar-refractivity contribution >= 4 is 27.3 Å². The number of anilines is 1. The van der Waals surface area contributed by atoms with Gasteiger partial charge in [0.2, 0.25) is 10.0 Å². The van der Waals surface area contributed by atoms with E-state index in [1.807, 2.05) is 0 Å². The lowest BCUT2D eigenvalue weighted by molar-refractivity contribution is 0.0632. The van der Waals surface area contributed by atoms with Crippen molar-refractivity contribution in [2.24, 2.45) is 0 Å². The van der Waals surface area contributed by atoms with E-state index < -0.39 is 20.7 Å². The van der Waals surface area contributed by atoms with Crippen LogP contribution in [-0.2, 0) is 14.8 Å². The Balaban J connectivity index is 2.39. The van der Waals surface area contributed by atoms with E-state index in [-0.39, 0.29) is 16.8 Å². The zero-order valence-corrected chi connectivity index (χ0v) is 12.5. The summed E-state index contributed by atoms with van der Waals surface area (Å²) in [6, 6.07) is 2.05. The average molecular weight is 323 g/mol. The molecule has 1 heterocycles. The average Bonchev–Trinajstić information content (AvgIpc) is 2.42. The number of halogens is 2. The highest BCUT2D eigenvalue weighted by Gasteiger charge is 2.32. The summed E-state index contributed by atoms with van der Waals surface area (Å²) in [4.78, 5) is -0.489. The third-order valence-corrected chi connectivity index (χ3v) is 5.52. The van der Waals surface area contributed by atoms with Crippen LogP contribution in [0, 0.1) is 5.82 Å². The van der Waals surface area contributed by atoms with Gasteiger partial charge in [-0.05, 0) is 25.0 Å². The van der Waals surface area contributed by atoms with Crippen molar-refractivity contribution in [3.8, 4) is 0 Å². The number of ether oxygens (including phenoxy) is 1. The molecular weight excluding hydrogens is 307 g/mol. The maximum Gasteiger partial charge on any atom is 0.246 e. The number of benzene rings is 1. The Labute approximate surface area is 122 Å². The second-order valence-corrected chi connectivity index (χ2v) is 7.07. The van der Waals surface area contributed by atoms with E-state index in [2.05, 4.69) is 0 Å². The standard InChI is InChI=1S/C12H16ClFN2O3S/c1-16(9-2-4-19-5-3-9)20(17,18)11-7-8(13)6-10(15)12(11)14/h6-7,9H,2-5,15H2,1H3. The van der Waals surface area contributed by atoms with Crippen LogP contribution < -0.4 is 5.73 Å². The number of hydrogen-bond donors (Lipinski definition) is 1. The molecule has 1 aliphatic heterocycles. The first-order chi connectivity index (χ1) is 9.34. The molecule has 8 heteroatoms. The van der Waals surface area contributed by atoms with Crippen LogP contribution in [0.15, 0.2) is 17.0 Å². The SMILES string of the molecule is CN(C1CCOCC1)S(=O)(=O)c1cc(Cl)cc(N)c1F. The van der Waals surface area contributed by atoms with Gasteiger partial charge in [-0.2, -0.15) is 4.31 Å². The Kier molecular flexibility index (Phi) is 4.53. The molecule has 112 valence electrons. The third-order valence-electron chi connectivity index (χ3n) is 3.39. The molecule has 0 unspecified atom stereocenters. The lowest BCUT2D eigenvalue weighted by atomic mass is 10.1. The fraction of sp³-hybridized carbons (Fsp3) is 0.500. The van der Waals surface area contributed by atoms with Crippen LogP contribution >= 0.6 is 11.6 Å². The maximum atomic E-state index is 14.0. The quantitative estimate of drug-likeness (QED) is 0.862. The first-order valence-corrected chi connectivity index (χ1v) is 7.96. The second-order valence-electron chi connectivity index (χ2n) is 4.67. The largest absolute Gasteiger partial charge is 0.396 e. The van der Waals surface area contributed by atoms with Crippen molar-refractivity contribution < 1.29 is 17.5 Å². The molecule has 0 aliphatic carbocycles. The number of nitrogen functional groups attached to an aromatic ring is 1. The zero-order chi connectivity index (χ0) is 14.9. The summed E-state index contributed by atoms with van der Waals surface area (Å²) in [5.41, 5.74) is 5.15. The first-order valence-electron chi connectivity index (χ1n) is 6.14. The molecule has 0 bridgehead atoms. The van der Waals surface area contributed by atoms with Gasteiger partial charge >= 0.3 is 0 Å². The lowest BCUT2D eigenvalue weighted by Crippen LogP contribution is -2.40. The van der Waals surface area contributed by atoms with Crippen LogP contribution in [0.3, 0.4) is 0 Å². The molecule has 0 atom stereocenters. The number of hydrogen-bond acceptors (Lipinski definition) is 4. The monoisotopic (exact) mass is 322 g/mol. The maximum absolute atomic E-state index is 14.0. The van der Waals surface area contributed by atoms with E-state index in [4.69, 9.17) is 22.1 Å². The van der Waals surface area contributed by atoms with E-state index in [1.54, 1.807) is 0 Å². The van der Waals surface area contributed by atoms with E-state index in [0.717, 1.165) is 6.07 Å². The minimum Gasteiger partial charge on any atom is -0.396 e. The Hall–Kier alpha value is -0.890. The van der Waals surface area contributed by atoms with Crippen molar-refractivity contribution in [1.82, 2.24) is 4.31 Å². The van der Waals surface area contributed by atoms with Crippen LogP contribution in [0.1, 0.15) is 12.8 Å². The van der Waals surface area contributed by atoms with Crippen LogP contribution in [0.25, 0.3) is 0 Å². The van der Waals surface area contributed by atoms with Crippen molar-refractivity contribution in [2.45, 2.75) is 23.8 Å². The summed E-state index contributed by atoms with van der Waals surface area (Å²) in [5.74, 6) is -0.965. The molecule has 1 aliphatic rings. The molecule has 0 aromatic heterocycles. The summed E-state index contributed by atoms with van der Waals surface area (Å²) in [7, 11) is -2.54. The fourth-order valence-corrected chi connectivity index (χ4v) is 4.00. The summed E-state index contributed by atoms with van der Waals surface area (Å²) >= 11 is 5.77. The van der Waals surface area contributed by atoms with Crippen LogP contribution in [0.2, 0.25) is 5.02 Å². The number of sulfonamides is 1. The van der Waals surface area contributed by atoms with Crippen LogP contribution in [-0.4, -0.2) is 39.0 Å². The van der Waals surface area contributed by atoms with Gasteiger partial charge in [-0.3, -0.25) is 0 Å². The summed E-state index contributed by atoms with van der Waals surface area (Å²) in [5, 5.41) is 0.0860. The van der Waals surface area contributed by atoms with E-state index in [1.165, 1.54) is 17.4 Å². The lowest BCUT2D eigenvalue weighted by Gasteiger charge is -2.30. The molecule has 0 radical (unpaired) electrons. The van der Waals surface area contributed by atoms with Crippen LogP contribution in [0.5, 0.6) is 0 Å². The summed E-state index contributed by atoms with van der Waals surface area (Å²) in [6.45, 7) is 0.982. The minimum atomic E-state index is -3.98. The molecule has 2 N–H and O–H groups in total. The Bertz CT molecular complexity index is 603. The molecule has 0 saturated carbocycles. The molecule has 2 rings (SSSR count). The summed E-state index contributed by atoms with van der Waals surface area (Å²) in [6.07, 6.45) is 1.15. The number of rotatable bonds is 3. The van der Waals surface area contributed by atoms with Gasteiger partial charge in [0.1, 0.15) is 4.90 Å². The van der Waals surface area contributed by atoms with Crippen molar-refractivity contribution in [2.75, 3.05) is 26.0 Å². The zero-order valence-electron chi connectivity index (χ0n) is 11.0. The normalized spacial score (nSPS) is 17.6. The number of nitrogens with two attached hydrogens (primary N) is 1. The van der Waals surface area contributed by atoms with Crippen molar-refractivity contribution in [3.05, 3.63) is 23.0 Å². The Morgan fingerprint density at radius 2 is 2.00 bits per heavy atom. The van der Waals surface area contributed by atoms with Gasteiger partial charge in [0, 0.05) is 31.3 Å². The predicted octanol–water partition coefficient (Wildman–Crippen LogP) is 1.86. The molecule has 20 heavy (non-hydrogen) atoms. The van der Waals surface area contributed by atoms with E-state index in [0.29, 0.717) is 26.1 Å². The highest BCUT2D eigenvalue weighted by molar-refractivity contribution is 7.89. The van der Waals surface area contributed by atoms with E-state index >= 15 is 0 Å². The molecule has 1 fully saturated rings. The van der Waals surface area contributed by atoms with Crippen molar-refractivity contribution in [3.63, 3.8) is 0 Å². The predicted molar refractivity (Wildman–Crippen MR) is 74.6 cm³/mol. The molecule has 0 spiro atoms. The van der Waals surface area contributed by atoms with Gasteiger partial charge in [0.15, 0.2) is 5.82 Å². The van der Waals surface area contributed by atoms with E-state index in [9.17, 15) is 12.8 Å². The van der Waals surface area contributed by atoms with Crippen molar-refractivity contribution in [1.29, 1.82) is 0 Å². The van der Waals surface area contributed by atoms with Gasteiger partial charge in [0.05, 0.1) is 5.69 Å². The van der Waals surface area contributed by atoms with Crippen LogP contribution in [0.4, 0.5) is 10.1 Å². The molecule has 1 aromatic carbocycles. The van der Waals surface area contributed by atoms with Gasteiger partial charge < -0.3 is 10.5 Å². The fourth-order valence-electron chi connectivity index (χ4n) is 2.17. The minimum absolute atomic E-state index is 0.0860. The molecular formula is C12H16ClFN2O3S. The van der Waals surface area contributed by atoms with Gasteiger partial charge in [-0.25, -0.2) is 12.8 Å². The number of nitrogens with zero attached hydrogens (tertiary/aromatic N) is 1.